The van der Waals surface area contributed by atoms with Gasteiger partial charge in [-0.05, 0) is 42.7 Å². The number of amides is 1. The molecule has 1 atom stereocenters. The van der Waals surface area contributed by atoms with E-state index in [1.165, 1.54) is 7.11 Å². The second-order valence-corrected chi connectivity index (χ2v) is 5.68. The van der Waals surface area contributed by atoms with Crippen molar-refractivity contribution in [3.05, 3.63) is 48.3 Å². The van der Waals surface area contributed by atoms with Crippen molar-refractivity contribution in [2.24, 2.45) is 5.92 Å². The zero-order valence-corrected chi connectivity index (χ0v) is 13.5. The maximum absolute atomic E-state index is 12.3. The fourth-order valence-electron chi connectivity index (χ4n) is 2.26. The highest BCUT2D eigenvalue weighted by molar-refractivity contribution is 5.96. The number of ether oxygens (including phenoxy) is 1. The van der Waals surface area contributed by atoms with Gasteiger partial charge < -0.3 is 10.1 Å². The fourth-order valence-corrected chi connectivity index (χ4v) is 2.26. The van der Waals surface area contributed by atoms with E-state index >= 15 is 0 Å². The zero-order chi connectivity index (χ0) is 16.8. The van der Waals surface area contributed by atoms with Crippen LogP contribution in [0, 0.1) is 5.92 Å². The molecule has 0 saturated carbocycles. The van der Waals surface area contributed by atoms with E-state index in [4.69, 9.17) is 4.74 Å². The first-order valence-corrected chi connectivity index (χ1v) is 7.50. The number of hydrogen-bond donors (Lipinski definition) is 1. The van der Waals surface area contributed by atoms with E-state index in [9.17, 15) is 9.59 Å². The van der Waals surface area contributed by atoms with Crippen molar-refractivity contribution in [3.8, 4) is 5.69 Å². The van der Waals surface area contributed by atoms with Crippen molar-refractivity contribution < 1.29 is 14.3 Å². The second-order valence-electron chi connectivity index (χ2n) is 5.68. The van der Waals surface area contributed by atoms with Crippen LogP contribution in [0.4, 0.5) is 0 Å². The summed E-state index contributed by atoms with van der Waals surface area (Å²) >= 11 is 0. The van der Waals surface area contributed by atoms with Crippen LogP contribution in [0.2, 0.25) is 0 Å². The van der Waals surface area contributed by atoms with Gasteiger partial charge in [-0.15, -0.1) is 0 Å². The lowest BCUT2D eigenvalue weighted by Crippen LogP contribution is -2.42. The number of aromatic nitrogens is 2. The van der Waals surface area contributed by atoms with Gasteiger partial charge in [0.25, 0.3) is 5.91 Å². The van der Waals surface area contributed by atoms with Crippen LogP contribution in [0.15, 0.2) is 42.7 Å². The third kappa shape index (κ3) is 4.42. The Labute approximate surface area is 135 Å². The van der Waals surface area contributed by atoms with Gasteiger partial charge in [0.05, 0.1) is 12.8 Å². The summed E-state index contributed by atoms with van der Waals surface area (Å²) in [5.74, 6) is -0.463. The van der Waals surface area contributed by atoms with Gasteiger partial charge in [0, 0.05) is 18.0 Å². The van der Waals surface area contributed by atoms with Crippen molar-refractivity contribution >= 4 is 11.9 Å². The number of nitrogens with zero attached hydrogens (tertiary/aromatic N) is 2. The van der Waals surface area contributed by atoms with Gasteiger partial charge in [-0.1, -0.05) is 13.8 Å². The van der Waals surface area contributed by atoms with Gasteiger partial charge in [0.15, 0.2) is 0 Å². The number of nitrogens with one attached hydrogen (secondary N) is 1. The van der Waals surface area contributed by atoms with Gasteiger partial charge in [0.2, 0.25) is 0 Å². The molecule has 1 aromatic carbocycles. The molecule has 0 aliphatic carbocycles. The molecule has 23 heavy (non-hydrogen) atoms. The average molecular weight is 315 g/mol. The standard InChI is InChI=1S/C17H21N3O3/c1-12(2)11-15(17(22)23-3)19-16(21)13-5-7-14(8-6-13)20-10-4-9-18-20/h4-10,12,15H,11H2,1-3H3,(H,19,21)/t15-/m0/s1. The molecule has 0 unspecified atom stereocenters. The van der Waals surface area contributed by atoms with Gasteiger partial charge in [-0.2, -0.15) is 5.10 Å². The van der Waals surface area contributed by atoms with Gasteiger partial charge >= 0.3 is 5.97 Å². The van der Waals surface area contributed by atoms with Gasteiger partial charge in [-0.25, -0.2) is 9.48 Å². The molecule has 2 rings (SSSR count). The maximum Gasteiger partial charge on any atom is 0.328 e. The number of esters is 1. The van der Waals surface area contributed by atoms with E-state index in [1.807, 2.05) is 26.1 Å². The molecule has 122 valence electrons. The molecule has 6 heteroatoms. The molecule has 0 fully saturated rings. The largest absolute Gasteiger partial charge is 0.467 e. The van der Waals surface area contributed by atoms with E-state index in [0.29, 0.717) is 12.0 Å². The summed E-state index contributed by atoms with van der Waals surface area (Å²) in [6.07, 6.45) is 4.04. The molecule has 0 saturated heterocycles. The summed E-state index contributed by atoms with van der Waals surface area (Å²) in [6.45, 7) is 3.97. The van der Waals surface area contributed by atoms with Crippen LogP contribution in [0.3, 0.4) is 0 Å². The van der Waals surface area contributed by atoms with Gasteiger partial charge in [0.1, 0.15) is 6.04 Å². The third-order valence-corrected chi connectivity index (χ3v) is 3.40. The highest BCUT2D eigenvalue weighted by atomic mass is 16.5. The molecule has 2 aromatic rings. The van der Waals surface area contributed by atoms with Gasteiger partial charge in [-0.3, -0.25) is 4.79 Å². The highest BCUT2D eigenvalue weighted by Crippen LogP contribution is 2.11. The summed E-state index contributed by atoms with van der Waals surface area (Å²) in [5.41, 5.74) is 1.34. The van der Waals surface area contributed by atoms with Crippen molar-refractivity contribution in [1.82, 2.24) is 15.1 Å². The molecule has 0 aliphatic heterocycles. The van der Waals surface area contributed by atoms with Crippen LogP contribution in [0.1, 0.15) is 30.6 Å². The Balaban J connectivity index is 2.08. The summed E-state index contributed by atoms with van der Waals surface area (Å²) in [7, 11) is 1.32. The maximum atomic E-state index is 12.3. The number of benzene rings is 1. The topological polar surface area (TPSA) is 73.2 Å². The number of hydrogen-bond acceptors (Lipinski definition) is 4. The summed E-state index contributed by atoms with van der Waals surface area (Å²) in [4.78, 5) is 24.1. The lowest BCUT2D eigenvalue weighted by Gasteiger charge is -2.18. The molecular weight excluding hydrogens is 294 g/mol. The van der Waals surface area contributed by atoms with E-state index in [0.717, 1.165) is 5.69 Å². The Hall–Kier alpha value is -2.63. The van der Waals surface area contributed by atoms with E-state index in [1.54, 1.807) is 35.1 Å². The Bertz CT molecular complexity index is 648. The Morgan fingerprint density at radius 1 is 1.26 bits per heavy atom. The van der Waals surface area contributed by atoms with Crippen LogP contribution in [-0.4, -0.2) is 34.8 Å². The molecule has 1 N–H and O–H groups in total. The first kappa shape index (κ1) is 16.7. The van der Waals surface area contributed by atoms with Crippen LogP contribution in [0.5, 0.6) is 0 Å². The fraction of sp³-hybridized carbons (Fsp3) is 0.353. The Morgan fingerprint density at radius 2 is 1.96 bits per heavy atom. The number of carbonyl (C=O) groups is 2. The molecule has 6 nitrogen and oxygen atoms in total. The van der Waals surface area contributed by atoms with Crippen LogP contribution in [-0.2, 0) is 9.53 Å². The molecule has 1 heterocycles. The van der Waals surface area contributed by atoms with Crippen molar-refractivity contribution in [3.63, 3.8) is 0 Å². The normalized spacial score (nSPS) is 12.0. The summed E-state index contributed by atoms with van der Waals surface area (Å²) < 4.78 is 6.46. The minimum absolute atomic E-state index is 0.265. The highest BCUT2D eigenvalue weighted by Gasteiger charge is 2.23. The van der Waals surface area contributed by atoms with E-state index in [-0.39, 0.29) is 11.8 Å². The van der Waals surface area contributed by atoms with Crippen molar-refractivity contribution in [1.29, 1.82) is 0 Å². The molecule has 0 spiro atoms. The molecule has 0 bridgehead atoms. The number of rotatable bonds is 6. The predicted octanol–water partition coefficient (Wildman–Crippen LogP) is 2.19. The van der Waals surface area contributed by atoms with Crippen LogP contribution < -0.4 is 5.32 Å². The number of carbonyl (C=O) groups excluding carboxylic acids is 2. The first-order chi connectivity index (χ1) is 11.0. The van der Waals surface area contributed by atoms with Crippen LogP contribution in [0.25, 0.3) is 5.69 Å². The van der Waals surface area contributed by atoms with Crippen molar-refractivity contribution in [2.45, 2.75) is 26.3 Å². The quantitative estimate of drug-likeness (QED) is 0.829. The molecule has 0 aliphatic rings. The molecule has 1 aromatic heterocycles. The predicted molar refractivity (Wildman–Crippen MR) is 86.3 cm³/mol. The minimum Gasteiger partial charge on any atom is -0.467 e. The van der Waals surface area contributed by atoms with E-state index in [2.05, 4.69) is 10.4 Å². The lowest BCUT2D eigenvalue weighted by atomic mass is 10.0. The number of methoxy groups -OCH3 is 1. The molecule has 0 radical (unpaired) electrons. The smallest absolute Gasteiger partial charge is 0.328 e. The van der Waals surface area contributed by atoms with Crippen molar-refractivity contribution in [2.75, 3.05) is 7.11 Å². The minimum atomic E-state index is -0.640. The molecule has 1 amide bonds. The molecular formula is C17H21N3O3. The lowest BCUT2D eigenvalue weighted by molar-refractivity contribution is -0.143. The zero-order valence-electron chi connectivity index (χ0n) is 13.5. The summed E-state index contributed by atoms with van der Waals surface area (Å²) in [5, 5.41) is 6.86. The van der Waals surface area contributed by atoms with Crippen LogP contribution >= 0.6 is 0 Å². The second kappa shape index (κ2) is 7.58. The Morgan fingerprint density at radius 3 is 2.48 bits per heavy atom. The SMILES string of the molecule is COC(=O)[C@H](CC(C)C)NC(=O)c1ccc(-n2cccn2)cc1. The average Bonchev–Trinajstić information content (AvgIpc) is 3.07. The monoisotopic (exact) mass is 315 g/mol. The van der Waals surface area contributed by atoms with E-state index < -0.39 is 12.0 Å². The Kier molecular flexibility index (Phi) is 5.51. The third-order valence-electron chi connectivity index (χ3n) is 3.40. The summed E-state index contributed by atoms with van der Waals surface area (Å²) in [6, 6.07) is 8.20. The first-order valence-electron chi connectivity index (χ1n) is 7.50.